The van der Waals surface area contributed by atoms with Crippen molar-refractivity contribution in [1.82, 2.24) is 4.98 Å². The van der Waals surface area contributed by atoms with Gasteiger partial charge in [0.1, 0.15) is 0 Å². The number of halogens is 1. The molecular formula is C13H13ClN2O. The van der Waals surface area contributed by atoms with Gasteiger partial charge >= 0.3 is 0 Å². The number of aryl methyl sites for hydroxylation is 1. The zero-order valence-corrected chi connectivity index (χ0v) is 10.3. The predicted molar refractivity (Wildman–Crippen MR) is 70.4 cm³/mol. The third-order valence-corrected chi connectivity index (χ3v) is 2.76. The average Bonchev–Trinajstić information content (AvgIpc) is 2.34. The van der Waals surface area contributed by atoms with Gasteiger partial charge < -0.3 is 5.32 Å². The first-order valence-electron chi connectivity index (χ1n) is 5.42. The van der Waals surface area contributed by atoms with Crippen LogP contribution in [0.3, 0.4) is 0 Å². The summed E-state index contributed by atoms with van der Waals surface area (Å²) in [7, 11) is 0. The second kappa shape index (κ2) is 5.15. The van der Waals surface area contributed by atoms with Crippen LogP contribution in [0.5, 0.6) is 0 Å². The summed E-state index contributed by atoms with van der Waals surface area (Å²) in [5.74, 6) is 0.252. The fraction of sp³-hybridized carbons (Fsp3) is 0.231. The Morgan fingerprint density at radius 2 is 2.24 bits per heavy atom. The molecule has 0 aliphatic carbocycles. The molecule has 0 fully saturated rings. The van der Waals surface area contributed by atoms with E-state index in [2.05, 4.69) is 10.3 Å². The number of aromatic nitrogens is 1. The standard InChI is InChI=1S/C13H13ClN2O/c1-9-4-5-11(16-12(17)6-7-14)10-3-2-8-15-13(9)10/h2-5,8H,6-7H2,1H3,(H,16,17). The van der Waals surface area contributed by atoms with Gasteiger partial charge in [0, 0.05) is 23.9 Å². The van der Waals surface area contributed by atoms with Gasteiger partial charge in [-0.25, -0.2) is 0 Å². The predicted octanol–water partition coefficient (Wildman–Crippen LogP) is 3.11. The molecule has 0 saturated heterocycles. The summed E-state index contributed by atoms with van der Waals surface area (Å²) in [6.45, 7) is 2.00. The van der Waals surface area contributed by atoms with Crippen LogP contribution in [0.15, 0.2) is 30.5 Å². The van der Waals surface area contributed by atoms with Crippen LogP contribution in [-0.2, 0) is 4.79 Å². The molecule has 1 aromatic carbocycles. The molecule has 17 heavy (non-hydrogen) atoms. The van der Waals surface area contributed by atoms with Gasteiger partial charge in [0.05, 0.1) is 11.2 Å². The molecule has 0 aliphatic heterocycles. The molecule has 1 amide bonds. The lowest BCUT2D eigenvalue weighted by atomic mass is 10.1. The zero-order valence-electron chi connectivity index (χ0n) is 9.53. The molecule has 2 aromatic rings. The van der Waals surface area contributed by atoms with Crippen LogP contribution in [-0.4, -0.2) is 16.8 Å². The van der Waals surface area contributed by atoms with E-state index < -0.39 is 0 Å². The third-order valence-electron chi connectivity index (χ3n) is 2.57. The number of hydrogen-bond acceptors (Lipinski definition) is 2. The summed E-state index contributed by atoms with van der Waals surface area (Å²) in [4.78, 5) is 15.8. The van der Waals surface area contributed by atoms with Gasteiger partial charge in [-0.2, -0.15) is 0 Å². The number of benzene rings is 1. The second-order valence-corrected chi connectivity index (χ2v) is 4.19. The Morgan fingerprint density at radius 3 is 3.00 bits per heavy atom. The van der Waals surface area contributed by atoms with Crippen molar-refractivity contribution in [3.63, 3.8) is 0 Å². The molecule has 0 bridgehead atoms. The number of anilines is 1. The normalized spacial score (nSPS) is 10.5. The Labute approximate surface area is 105 Å². The molecule has 0 atom stereocenters. The Kier molecular flexibility index (Phi) is 3.59. The highest BCUT2D eigenvalue weighted by Crippen LogP contribution is 2.24. The summed E-state index contributed by atoms with van der Waals surface area (Å²) in [5, 5.41) is 3.80. The van der Waals surface area contributed by atoms with Gasteiger partial charge in [-0.3, -0.25) is 9.78 Å². The summed E-state index contributed by atoms with van der Waals surface area (Å²) >= 11 is 5.53. The van der Waals surface area contributed by atoms with E-state index in [1.807, 2.05) is 31.2 Å². The van der Waals surface area contributed by atoms with E-state index in [4.69, 9.17) is 11.6 Å². The van der Waals surface area contributed by atoms with Crippen molar-refractivity contribution in [1.29, 1.82) is 0 Å². The minimum atomic E-state index is -0.0750. The van der Waals surface area contributed by atoms with Gasteiger partial charge in [0.15, 0.2) is 0 Å². The van der Waals surface area contributed by atoms with E-state index in [0.717, 1.165) is 22.2 Å². The van der Waals surface area contributed by atoms with Crippen molar-refractivity contribution in [2.24, 2.45) is 0 Å². The molecule has 0 aliphatic rings. The Hall–Kier alpha value is -1.61. The minimum Gasteiger partial charge on any atom is -0.325 e. The lowest BCUT2D eigenvalue weighted by molar-refractivity contribution is -0.115. The molecule has 0 saturated carbocycles. The first-order chi connectivity index (χ1) is 8.22. The number of carbonyl (C=O) groups excluding carboxylic acids is 1. The van der Waals surface area contributed by atoms with Crippen LogP contribution in [0.4, 0.5) is 5.69 Å². The molecule has 1 aromatic heterocycles. The minimum absolute atomic E-state index is 0.0750. The maximum absolute atomic E-state index is 11.5. The molecular weight excluding hydrogens is 236 g/mol. The van der Waals surface area contributed by atoms with Crippen LogP contribution in [0.25, 0.3) is 10.9 Å². The number of nitrogens with one attached hydrogen (secondary N) is 1. The van der Waals surface area contributed by atoms with E-state index >= 15 is 0 Å². The summed E-state index contributed by atoms with van der Waals surface area (Å²) in [6.07, 6.45) is 2.07. The van der Waals surface area contributed by atoms with Crippen LogP contribution in [0, 0.1) is 6.92 Å². The number of fused-ring (bicyclic) bond motifs is 1. The SMILES string of the molecule is Cc1ccc(NC(=O)CCCl)c2cccnc12. The molecule has 3 nitrogen and oxygen atoms in total. The molecule has 0 unspecified atom stereocenters. The molecule has 2 rings (SSSR count). The number of pyridine rings is 1. The quantitative estimate of drug-likeness (QED) is 0.848. The van der Waals surface area contributed by atoms with Crippen molar-refractivity contribution < 1.29 is 4.79 Å². The van der Waals surface area contributed by atoms with Gasteiger partial charge in [-0.15, -0.1) is 11.6 Å². The van der Waals surface area contributed by atoms with Crippen LogP contribution in [0.1, 0.15) is 12.0 Å². The Bertz CT molecular complexity index is 554. The van der Waals surface area contributed by atoms with Crippen molar-refractivity contribution in [2.75, 3.05) is 11.2 Å². The van der Waals surface area contributed by atoms with Crippen LogP contribution in [0.2, 0.25) is 0 Å². The van der Waals surface area contributed by atoms with Crippen molar-refractivity contribution in [3.8, 4) is 0 Å². The maximum atomic E-state index is 11.5. The first-order valence-corrected chi connectivity index (χ1v) is 5.96. The number of rotatable bonds is 3. The fourth-order valence-electron chi connectivity index (χ4n) is 1.72. The number of hydrogen-bond donors (Lipinski definition) is 1. The van der Waals surface area contributed by atoms with Gasteiger partial charge in [0.25, 0.3) is 0 Å². The lowest BCUT2D eigenvalue weighted by Gasteiger charge is -2.09. The van der Waals surface area contributed by atoms with Crippen molar-refractivity contribution in [2.45, 2.75) is 13.3 Å². The van der Waals surface area contributed by atoms with E-state index in [1.54, 1.807) is 6.20 Å². The number of amides is 1. The largest absolute Gasteiger partial charge is 0.325 e. The van der Waals surface area contributed by atoms with Gasteiger partial charge in [-0.1, -0.05) is 6.07 Å². The highest BCUT2D eigenvalue weighted by Gasteiger charge is 2.07. The summed E-state index contributed by atoms with van der Waals surface area (Å²) in [5.41, 5.74) is 2.79. The zero-order chi connectivity index (χ0) is 12.3. The van der Waals surface area contributed by atoms with Gasteiger partial charge in [-0.05, 0) is 30.7 Å². The number of alkyl halides is 1. The lowest BCUT2D eigenvalue weighted by Crippen LogP contribution is -2.12. The monoisotopic (exact) mass is 248 g/mol. The molecule has 0 radical (unpaired) electrons. The average molecular weight is 249 g/mol. The van der Waals surface area contributed by atoms with Crippen molar-refractivity contribution in [3.05, 3.63) is 36.0 Å². The van der Waals surface area contributed by atoms with E-state index in [0.29, 0.717) is 12.3 Å². The smallest absolute Gasteiger partial charge is 0.225 e. The maximum Gasteiger partial charge on any atom is 0.225 e. The van der Waals surface area contributed by atoms with Gasteiger partial charge in [0.2, 0.25) is 5.91 Å². The second-order valence-electron chi connectivity index (χ2n) is 3.82. The Balaban J connectivity index is 2.41. The van der Waals surface area contributed by atoms with E-state index in [9.17, 15) is 4.79 Å². The van der Waals surface area contributed by atoms with Crippen molar-refractivity contribution >= 4 is 34.1 Å². The van der Waals surface area contributed by atoms with Crippen LogP contribution < -0.4 is 5.32 Å². The topological polar surface area (TPSA) is 42.0 Å². The highest BCUT2D eigenvalue weighted by atomic mass is 35.5. The highest BCUT2D eigenvalue weighted by molar-refractivity contribution is 6.19. The summed E-state index contributed by atoms with van der Waals surface area (Å²) in [6, 6.07) is 7.65. The Morgan fingerprint density at radius 1 is 1.41 bits per heavy atom. The fourth-order valence-corrected chi connectivity index (χ4v) is 1.89. The first kappa shape index (κ1) is 11.9. The van der Waals surface area contributed by atoms with E-state index in [-0.39, 0.29) is 5.91 Å². The molecule has 88 valence electrons. The molecule has 0 spiro atoms. The summed E-state index contributed by atoms with van der Waals surface area (Å²) < 4.78 is 0. The molecule has 1 heterocycles. The van der Waals surface area contributed by atoms with E-state index in [1.165, 1.54) is 0 Å². The molecule has 1 N–H and O–H groups in total. The van der Waals surface area contributed by atoms with Crippen LogP contribution >= 0.6 is 11.6 Å². The molecule has 4 heteroatoms. The number of nitrogens with zero attached hydrogens (tertiary/aromatic N) is 1. The third kappa shape index (κ3) is 2.56. The number of carbonyl (C=O) groups is 1.